The highest BCUT2D eigenvalue weighted by Crippen LogP contribution is 2.13. The topological polar surface area (TPSA) is 92.7 Å². The van der Waals surface area contributed by atoms with Crippen molar-refractivity contribution < 1.29 is 24.2 Å². The van der Waals surface area contributed by atoms with Gasteiger partial charge in [0.05, 0.1) is 13.0 Å². The SMILES string of the molecule is CCOC(=O)CCC(=O)N[C@@H](Cc1cccc(Br)c1)C(=O)O. The first-order valence-electron chi connectivity index (χ1n) is 6.84. The zero-order valence-corrected chi connectivity index (χ0v) is 13.8. The molecule has 0 aliphatic carbocycles. The largest absolute Gasteiger partial charge is 0.480 e. The molecule has 1 aromatic rings. The Balaban J connectivity index is 2.55. The second kappa shape index (κ2) is 9.19. The summed E-state index contributed by atoms with van der Waals surface area (Å²) in [6.07, 6.45) is 0.00388. The van der Waals surface area contributed by atoms with Gasteiger partial charge in [-0.15, -0.1) is 0 Å². The van der Waals surface area contributed by atoms with Crippen LogP contribution in [0.25, 0.3) is 0 Å². The van der Waals surface area contributed by atoms with Crippen LogP contribution in [0.5, 0.6) is 0 Å². The van der Waals surface area contributed by atoms with E-state index in [9.17, 15) is 19.5 Å². The van der Waals surface area contributed by atoms with Crippen LogP contribution in [-0.4, -0.2) is 35.6 Å². The summed E-state index contributed by atoms with van der Waals surface area (Å²) in [7, 11) is 0. The van der Waals surface area contributed by atoms with Crippen molar-refractivity contribution in [1.29, 1.82) is 0 Å². The van der Waals surface area contributed by atoms with Gasteiger partial charge in [0, 0.05) is 17.3 Å². The molecule has 1 rings (SSSR count). The van der Waals surface area contributed by atoms with E-state index in [4.69, 9.17) is 4.74 Å². The molecule has 120 valence electrons. The van der Waals surface area contributed by atoms with Gasteiger partial charge in [-0.25, -0.2) is 4.79 Å². The number of amides is 1. The number of esters is 1. The maximum atomic E-state index is 11.7. The van der Waals surface area contributed by atoms with E-state index in [1.54, 1.807) is 25.1 Å². The van der Waals surface area contributed by atoms with E-state index >= 15 is 0 Å². The number of hydrogen-bond acceptors (Lipinski definition) is 4. The number of halogens is 1. The summed E-state index contributed by atoms with van der Waals surface area (Å²) >= 11 is 3.31. The van der Waals surface area contributed by atoms with E-state index in [-0.39, 0.29) is 25.9 Å². The van der Waals surface area contributed by atoms with Crippen LogP contribution < -0.4 is 5.32 Å². The Morgan fingerprint density at radius 3 is 2.64 bits per heavy atom. The zero-order chi connectivity index (χ0) is 16.5. The van der Waals surface area contributed by atoms with E-state index in [0.717, 1.165) is 10.0 Å². The molecule has 2 N–H and O–H groups in total. The van der Waals surface area contributed by atoms with Crippen LogP contribution >= 0.6 is 15.9 Å². The fourth-order valence-corrected chi connectivity index (χ4v) is 2.26. The number of carboxylic acid groups (broad SMARTS) is 1. The van der Waals surface area contributed by atoms with Crippen molar-refractivity contribution in [3.63, 3.8) is 0 Å². The number of ether oxygens (including phenoxy) is 1. The minimum absolute atomic E-state index is 0.0666. The van der Waals surface area contributed by atoms with Crippen LogP contribution in [-0.2, 0) is 25.5 Å². The Morgan fingerprint density at radius 2 is 2.05 bits per heavy atom. The minimum Gasteiger partial charge on any atom is -0.480 e. The van der Waals surface area contributed by atoms with Crippen molar-refractivity contribution in [2.24, 2.45) is 0 Å². The lowest BCUT2D eigenvalue weighted by Gasteiger charge is -2.14. The molecule has 1 atom stereocenters. The van der Waals surface area contributed by atoms with Crippen LogP contribution in [0.3, 0.4) is 0 Å². The van der Waals surface area contributed by atoms with E-state index in [0.29, 0.717) is 0 Å². The maximum Gasteiger partial charge on any atom is 0.326 e. The van der Waals surface area contributed by atoms with Crippen LogP contribution in [0, 0.1) is 0 Å². The van der Waals surface area contributed by atoms with Gasteiger partial charge in [-0.2, -0.15) is 0 Å². The van der Waals surface area contributed by atoms with Gasteiger partial charge in [-0.3, -0.25) is 9.59 Å². The van der Waals surface area contributed by atoms with Crippen molar-refractivity contribution in [2.75, 3.05) is 6.61 Å². The van der Waals surface area contributed by atoms with Gasteiger partial charge in [0.25, 0.3) is 0 Å². The van der Waals surface area contributed by atoms with E-state index in [2.05, 4.69) is 21.2 Å². The van der Waals surface area contributed by atoms with Gasteiger partial charge in [-0.05, 0) is 24.6 Å². The Kier molecular flexibility index (Phi) is 7.59. The molecule has 0 radical (unpaired) electrons. The van der Waals surface area contributed by atoms with E-state index in [1.165, 1.54) is 0 Å². The van der Waals surface area contributed by atoms with Crippen LogP contribution in [0.4, 0.5) is 0 Å². The van der Waals surface area contributed by atoms with Crippen LogP contribution in [0.2, 0.25) is 0 Å². The van der Waals surface area contributed by atoms with Crippen molar-refractivity contribution in [1.82, 2.24) is 5.32 Å². The van der Waals surface area contributed by atoms with Gasteiger partial charge in [0.15, 0.2) is 0 Å². The average molecular weight is 372 g/mol. The summed E-state index contributed by atoms with van der Waals surface area (Å²) in [4.78, 5) is 34.2. The molecule has 0 aromatic heterocycles. The number of carbonyl (C=O) groups is 3. The van der Waals surface area contributed by atoms with Crippen molar-refractivity contribution in [3.8, 4) is 0 Å². The molecule has 22 heavy (non-hydrogen) atoms. The molecule has 1 aromatic carbocycles. The highest BCUT2D eigenvalue weighted by molar-refractivity contribution is 9.10. The Labute approximate surface area is 137 Å². The molecule has 6 nitrogen and oxygen atoms in total. The highest BCUT2D eigenvalue weighted by Gasteiger charge is 2.21. The molecule has 0 spiro atoms. The lowest BCUT2D eigenvalue weighted by atomic mass is 10.1. The molecule has 1 amide bonds. The Morgan fingerprint density at radius 1 is 1.32 bits per heavy atom. The first-order valence-corrected chi connectivity index (χ1v) is 7.64. The molecular formula is C15H18BrNO5. The third-order valence-corrected chi connectivity index (χ3v) is 3.32. The number of rotatable bonds is 8. The van der Waals surface area contributed by atoms with Crippen molar-refractivity contribution in [2.45, 2.75) is 32.2 Å². The Bertz CT molecular complexity index is 546. The minimum atomic E-state index is -1.12. The molecule has 0 heterocycles. The van der Waals surface area contributed by atoms with Crippen LogP contribution in [0.1, 0.15) is 25.3 Å². The molecule has 7 heteroatoms. The maximum absolute atomic E-state index is 11.7. The van der Waals surface area contributed by atoms with Gasteiger partial charge < -0.3 is 15.2 Å². The number of carboxylic acids is 1. The molecular weight excluding hydrogens is 354 g/mol. The standard InChI is InChI=1S/C15H18BrNO5/c1-2-22-14(19)7-6-13(18)17-12(15(20)21)9-10-4-3-5-11(16)8-10/h3-5,8,12H,2,6-7,9H2,1H3,(H,17,18)(H,20,21)/t12-/m0/s1. The van der Waals surface area contributed by atoms with Gasteiger partial charge in [0.1, 0.15) is 6.04 Å². The summed E-state index contributed by atoms with van der Waals surface area (Å²) in [5.74, 6) is -2.09. The van der Waals surface area contributed by atoms with Gasteiger partial charge in [0.2, 0.25) is 5.91 Å². The second-order valence-corrected chi connectivity index (χ2v) is 5.51. The third kappa shape index (κ3) is 6.71. The summed E-state index contributed by atoms with van der Waals surface area (Å²) in [6, 6.07) is 6.16. The summed E-state index contributed by atoms with van der Waals surface area (Å²) < 4.78 is 5.55. The fourth-order valence-electron chi connectivity index (χ4n) is 1.81. The molecule has 0 unspecified atom stereocenters. The quantitative estimate of drug-likeness (QED) is 0.680. The smallest absolute Gasteiger partial charge is 0.326 e. The third-order valence-electron chi connectivity index (χ3n) is 2.82. The van der Waals surface area contributed by atoms with Crippen molar-refractivity contribution in [3.05, 3.63) is 34.3 Å². The number of benzene rings is 1. The molecule has 0 saturated carbocycles. The normalized spacial score (nSPS) is 11.5. The van der Waals surface area contributed by atoms with E-state index < -0.39 is 23.9 Å². The number of carbonyl (C=O) groups excluding carboxylic acids is 2. The van der Waals surface area contributed by atoms with Crippen LogP contribution in [0.15, 0.2) is 28.7 Å². The van der Waals surface area contributed by atoms with Gasteiger partial charge in [-0.1, -0.05) is 28.1 Å². The number of aliphatic carboxylic acids is 1. The van der Waals surface area contributed by atoms with E-state index in [1.807, 2.05) is 6.07 Å². The monoisotopic (exact) mass is 371 g/mol. The average Bonchev–Trinajstić information content (AvgIpc) is 2.45. The fraction of sp³-hybridized carbons (Fsp3) is 0.400. The molecule has 0 saturated heterocycles. The second-order valence-electron chi connectivity index (χ2n) is 4.60. The first-order chi connectivity index (χ1) is 10.4. The summed E-state index contributed by atoms with van der Waals surface area (Å²) in [5.41, 5.74) is 0.785. The highest BCUT2D eigenvalue weighted by atomic mass is 79.9. The lowest BCUT2D eigenvalue weighted by molar-refractivity contribution is -0.144. The summed E-state index contributed by atoms with van der Waals surface area (Å²) in [5, 5.41) is 11.6. The molecule has 0 bridgehead atoms. The predicted octanol–water partition coefficient (Wildman–Crippen LogP) is 1.90. The first kappa shape index (κ1) is 18.2. The molecule has 0 aliphatic rings. The zero-order valence-electron chi connectivity index (χ0n) is 12.2. The Hall–Kier alpha value is -1.89. The van der Waals surface area contributed by atoms with Gasteiger partial charge >= 0.3 is 11.9 Å². The molecule has 0 aliphatic heterocycles. The molecule has 0 fully saturated rings. The summed E-state index contributed by atoms with van der Waals surface area (Å²) in [6.45, 7) is 1.93. The van der Waals surface area contributed by atoms with Crippen molar-refractivity contribution >= 4 is 33.8 Å². The number of hydrogen-bond donors (Lipinski definition) is 2. The lowest BCUT2D eigenvalue weighted by Crippen LogP contribution is -2.42. The predicted molar refractivity (Wildman–Crippen MR) is 83.3 cm³/mol. The number of nitrogens with one attached hydrogen (secondary N) is 1.